The minimum atomic E-state index is -3.65. The first kappa shape index (κ1) is 13.3. The van der Waals surface area contributed by atoms with E-state index in [9.17, 15) is 8.42 Å². The van der Waals surface area contributed by atoms with Crippen LogP contribution in [-0.4, -0.2) is 32.2 Å². The fourth-order valence-electron chi connectivity index (χ4n) is 2.00. The standard InChI is InChI=1S/C11H17N3O3S/c1-8(10-3-2-6-17-10)14-18(15,16)11-7-13-5-4-9(11)12/h4-5,7-8,10,14H,2-3,6H2,1H3,(H2,12,13). The summed E-state index contributed by atoms with van der Waals surface area (Å²) < 4.78 is 32.3. The van der Waals surface area contributed by atoms with Gasteiger partial charge in [-0.2, -0.15) is 0 Å². The van der Waals surface area contributed by atoms with Gasteiger partial charge < -0.3 is 10.5 Å². The van der Waals surface area contributed by atoms with Gasteiger partial charge in [-0.05, 0) is 25.8 Å². The number of ether oxygens (including phenoxy) is 1. The minimum Gasteiger partial charge on any atom is -0.398 e. The van der Waals surface area contributed by atoms with Gasteiger partial charge in [-0.3, -0.25) is 4.98 Å². The number of nitrogens with zero attached hydrogens (tertiary/aromatic N) is 1. The minimum absolute atomic E-state index is 0.00912. The molecule has 6 nitrogen and oxygen atoms in total. The van der Waals surface area contributed by atoms with Gasteiger partial charge in [0.25, 0.3) is 0 Å². The molecule has 0 spiro atoms. The molecule has 0 aromatic carbocycles. The zero-order valence-corrected chi connectivity index (χ0v) is 11.0. The topological polar surface area (TPSA) is 94.3 Å². The quantitative estimate of drug-likeness (QED) is 0.832. The smallest absolute Gasteiger partial charge is 0.244 e. The van der Waals surface area contributed by atoms with E-state index < -0.39 is 10.0 Å². The van der Waals surface area contributed by atoms with Crippen LogP contribution >= 0.6 is 0 Å². The van der Waals surface area contributed by atoms with Crippen LogP contribution in [0.5, 0.6) is 0 Å². The highest BCUT2D eigenvalue weighted by Gasteiger charge is 2.27. The van der Waals surface area contributed by atoms with Crippen LogP contribution in [0.15, 0.2) is 23.4 Å². The van der Waals surface area contributed by atoms with Crippen LogP contribution in [0.2, 0.25) is 0 Å². The second-order valence-electron chi connectivity index (χ2n) is 4.37. The number of nitrogens with one attached hydrogen (secondary N) is 1. The highest BCUT2D eigenvalue weighted by Crippen LogP contribution is 2.19. The molecule has 0 amide bonds. The third kappa shape index (κ3) is 2.80. The Kier molecular flexibility index (Phi) is 3.84. The van der Waals surface area contributed by atoms with E-state index in [0.717, 1.165) is 12.8 Å². The van der Waals surface area contributed by atoms with Gasteiger partial charge in [0.05, 0.1) is 11.8 Å². The first-order chi connectivity index (χ1) is 8.50. The van der Waals surface area contributed by atoms with Crippen LogP contribution in [0.25, 0.3) is 0 Å². The molecule has 2 atom stereocenters. The monoisotopic (exact) mass is 271 g/mol. The van der Waals surface area contributed by atoms with Gasteiger partial charge >= 0.3 is 0 Å². The van der Waals surface area contributed by atoms with E-state index in [1.165, 1.54) is 18.5 Å². The van der Waals surface area contributed by atoms with E-state index in [2.05, 4.69) is 9.71 Å². The lowest BCUT2D eigenvalue weighted by molar-refractivity contribution is 0.0902. The molecule has 2 heterocycles. The van der Waals surface area contributed by atoms with Crippen molar-refractivity contribution in [2.24, 2.45) is 0 Å². The van der Waals surface area contributed by atoms with Crippen molar-refractivity contribution in [1.82, 2.24) is 9.71 Å². The van der Waals surface area contributed by atoms with Crippen LogP contribution in [0.1, 0.15) is 19.8 Å². The molecule has 100 valence electrons. The Hall–Kier alpha value is -1.18. The summed E-state index contributed by atoms with van der Waals surface area (Å²) in [6.45, 7) is 2.48. The van der Waals surface area contributed by atoms with Crippen molar-refractivity contribution >= 4 is 15.7 Å². The summed E-state index contributed by atoms with van der Waals surface area (Å²) in [6.07, 6.45) is 4.47. The lowest BCUT2D eigenvalue weighted by Crippen LogP contribution is -2.40. The normalized spacial score (nSPS) is 21.9. The lowest BCUT2D eigenvalue weighted by atomic mass is 10.1. The molecular formula is C11H17N3O3S. The van der Waals surface area contributed by atoms with Gasteiger partial charge in [-0.15, -0.1) is 0 Å². The molecule has 0 bridgehead atoms. The fourth-order valence-corrected chi connectivity index (χ4v) is 3.34. The Morgan fingerprint density at radius 3 is 3.00 bits per heavy atom. The zero-order valence-electron chi connectivity index (χ0n) is 10.2. The van der Waals surface area contributed by atoms with E-state index in [1.807, 2.05) is 0 Å². The molecule has 2 unspecified atom stereocenters. The Morgan fingerprint density at radius 1 is 1.61 bits per heavy atom. The molecule has 1 fully saturated rings. The number of nitrogens with two attached hydrogens (primary N) is 1. The van der Waals surface area contributed by atoms with Gasteiger partial charge in [0.2, 0.25) is 10.0 Å². The molecule has 1 aromatic rings. The van der Waals surface area contributed by atoms with Crippen LogP contribution < -0.4 is 10.5 Å². The summed E-state index contributed by atoms with van der Waals surface area (Å²) >= 11 is 0. The number of rotatable bonds is 4. The first-order valence-corrected chi connectivity index (χ1v) is 7.32. The number of hydrogen-bond donors (Lipinski definition) is 2. The van der Waals surface area contributed by atoms with Crippen molar-refractivity contribution in [3.8, 4) is 0 Å². The van der Waals surface area contributed by atoms with Gasteiger partial charge in [0.15, 0.2) is 0 Å². The summed E-state index contributed by atoms with van der Waals surface area (Å²) in [7, 11) is -3.65. The molecule has 1 aliphatic heterocycles. The molecule has 3 N–H and O–H groups in total. The molecule has 1 aromatic heterocycles. The lowest BCUT2D eigenvalue weighted by Gasteiger charge is -2.20. The summed E-state index contributed by atoms with van der Waals surface area (Å²) in [6, 6.07) is 1.18. The molecule has 1 saturated heterocycles. The number of aromatic nitrogens is 1. The van der Waals surface area contributed by atoms with E-state index in [1.54, 1.807) is 6.92 Å². The average Bonchev–Trinajstić information content (AvgIpc) is 2.82. The van der Waals surface area contributed by atoms with Crippen molar-refractivity contribution < 1.29 is 13.2 Å². The molecule has 0 radical (unpaired) electrons. The van der Waals surface area contributed by atoms with Crippen LogP contribution in [0.3, 0.4) is 0 Å². The van der Waals surface area contributed by atoms with Crippen molar-refractivity contribution in [2.45, 2.75) is 36.8 Å². The SMILES string of the molecule is CC(NS(=O)(=O)c1cnccc1N)C1CCCO1. The average molecular weight is 271 g/mol. The van der Waals surface area contributed by atoms with Crippen LogP contribution in [0.4, 0.5) is 5.69 Å². The van der Waals surface area contributed by atoms with Crippen LogP contribution in [-0.2, 0) is 14.8 Å². The number of anilines is 1. The maximum atomic E-state index is 12.1. The predicted octanol–water partition coefficient (Wildman–Crippen LogP) is 0.510. The van der Waals surface area contributed by atoms with Gasteiger partial charge in [0, 0.05) is 25.0 Å². The fraction of sp³-hybridized carbons (Fsp3) is 0.545. The Labute approximate surface area is 107 Å². The highest BCUT2D eigenvalue weighted by atomic mass is 32.2. The van der Waals surface area contributed by atoms with Gasteiger partial charge in [-0.25, -0.2) is 13.1 Å². The van der Waals surface area contributed by atoms with Gasteiger partial charge in [0.1, 0.15) is 4.90 Å². The number of sulfonamides is 1. The molecular weight excluding hydrogens is 254 g/mol. The Bertz CT molecular complexity index is 512. The second kappa shape index (κ2) is 5.21. The maximum absolute atomic E-state index is 12.1. The molecule has 7 heteroatoms. The van der Waals surface area contributed by atoms with Crippen molar-refractivity contribution in [3.05, 3.63) is 18.5 Å². The molecule has 2 rings (SSSR count). The van der Waals surface area contributed by atoms with Gasteiger partial charge in [-0.1, -0.05) is 0 Å². The molecule has 1 aliphatic rings. The summed E-state index contributed by atoms with van der Waals surface area (Å²) in [4.78, 5) is 3.80. The third-order valence-corrected chi connectivity index (χ3v) is 4.57. The molecule has 0 saturated carbocycles. The highest BCUT2D eigenvalue weighted by molar-refractivity contribution is 7.89. The van der Waals surface area contributed by atoms with E-state index >= 15 is 0 Å². The summed E-state index contributed by atoms with van der Waals surface area (Å²) in [5.41, 5.74) is 5.84. The zero-order chi connectivity index (χ0) is 13.2. The van der Waals surface area contributed by atoms with Crippen molar-refractivity contribution in [1.29, 1.82) is 0 Å². The molecule has 0 aliphatic carbocycles. The molecule has 18 heavy (non-hydrogen) atoms. The Balaban J connectivity index is 2.14. The summed E-state index contributed by atoms with van der Waals surface area (Å²) in [5.74, 6) is 0. The van der Waals surface area contributed by atoms with Crippen LogP contribution in [0, 0.1) is 0 Å². The largest absolute Gasteiger partial charge is 0.398 e. The first-order valence-electron chi connectivity index (χ1n) is 5.84. The van der Waals surface area contributed by atoms with Crippen molar-refractivity contribution in [3.63, 3.8) is 0 Å². The van der Waals surface area contributed by atoms with Crippen molar-refractivity contribution in [2.75, 3.05) is 12.3 Å². The van der Waals surface area contributed by atoms with E-state index in [-0.39, 0.29) is 22.7 Å². The third-order valence-electron chi connectivity index (χ3n) is 2.97. The number of nitrogen functional groups attached to an aromatic ring is 1. The predicted molar refractivity (Wildman–Crippen MR) is 67.4 cm³/mol. The number of hydrogen-bond acceptors (Lipinski definition) is 5. The number of pyridine rings is 1. The van der Waals surface area contributed by atoms with E-state index in [0.29, 0.717) is 6.61 Å². The Morgan fingerprint density at radius 2 is 2.39 bits per heavy atom. The maximum Gasteiger partial charge on any atom is 0.244 e. The summed E-state index contributed by atoms with van der Waals surface area (Å²) in [5, 5.41) is 0. The second-order valence-corrected chi connectivity index (χ2v) is 6.06. The van der Waals surface area contributed by atoms with E-state index in [4.69, 9.17) is 10.5 Å².